The molecule has 3 aromatic carbocycles. The number of carbonyl (C=O) groups is 1. The van der Waals surface area contributed by atoms with Gasteiger partial charge in [0.2, 0.25) is 5.89 Å². The molecule has 0 spiro atoms. The third kappa shape index (κ3) is 4.34. The van der Waals surface area contributed by atoms with Gasteiger partial charge in [0.1, 0.15) is 17.0 Å². The van der Waals surface area contributed by atoms with E-state index in [1.165, 1.54) is 13.2 Å². The van der Waals surface area contributed by atoms with Crippen LogP contribution in [0.5, 0.6) is 11.5 Å². The fourth-order valence-corrected chi connectivity index (χ4v) is 3.31. The number of amides is 1. The fraction of sp³-hybridized carbons (Fsp3) is 0.0870. The molecule has 0 unspecified atom stereocenters. The van der Waals surface area contributed by atoms with Crippen molar-refractivity contribution in [2.75, 3.05) is 12.4 Å². The lowest BCUT2D eigenvalue weighted by Gasteiger charge is -2.12. The summed E-state index contributed by atoms with van der Waals surface area (Å²) in [5.41, 5.74) is 3.69. The number of benzene rings is 3. The third-order valence-corrected chi connectivity index (χ3v) is 4.81. The fourth-order valence-electron chi connectivity index (χ4n) is 3.10. The van der Waals surface area contributed by atoms with E-state index in [4.69, 9.17) is 21.4 Å². The molecule has 0 saturated carbocycles. The average Bonchev–Trinajstić information content (AvgIpc) is 3.17. The number of anilines is 1. The summed E-state index contributed by atoms with van der Waals surface area (Å²) >= 11 is 5.27. The first-order valence-corrected chi connectivity index (χ1v) is 9.81. The van der Waals surface area contributed by atoms with E-state index >= 15 is 0 Å². The zero-order chi connectivity index (χ0) is 22.0. The summed E-state index contributed by atoms with van der Waals surface area (Å²) in [6.45, 7) is 1.96. The Hall–Kier alpha value is -3.91. The van der Waals surface area contributed by atoms with E-state index in [1.807, 2.05) is 25.1 Å². The lowest BCUT2D eigenvalue weighted by Crippen LogP contribution is -2.34. The van der Waals surface area contributed by atoms with Crippen LogP contribution in [0.25, 0.3) is 22.6 Å². The summed E-state index contributed by atoms with van der Waals surface area (Å²) < 4.78 is 11.0. The molecule has 0 saturated heterocycles. The predicted molar refractivity (Wildman–Crippen MR) is 123 cm³/mol. The molecule has 8 heteroatoms. The maximum atomic E-state index is 12.5. The standard InChI is InChI=1S/C23H19N3O4S/c1-13-7-9-17-20(11-13)30-22(25-17)16-12-14(8-10-18(16)27)24-23(31)26-21(28)15-5-3-4-6-19(15)29-2/h3-12,27H,1-2H3,(H2,24,26,28,31). The molecule has 1 aromatic heterocycles. The molecular formula is C23H19N3O4S. The van der Waals surface area contributed by atoms with Crippen molar-refractivity contribution in [3.05, 3.63) is 71.8 Å². The molecule has 0 atom stereocenters. The minimum atomic E-state index is -0.400. The van der Waals surface area contributed by atoms with E-state index in [0.717, 1.165) is 5.56 Å². The number of aromatic nitrogens is 1. The Bertz CT molecular complexity index is 1300. The zero-order valence-corrected chi connectivity index (χ0v) is 17.6. The molecule has 7 nitrogen and oxygen atoms in total. The van der Waals surface area contributed by atoms with Crippen LogP contribution in [0.4, 0.5) is 5.69 Å². The second-order valence-corrected chi connectivity index (χ2v) is 7.24. The number of rotatable bonds is 4. The maximum Gasteiger partial charge on any atom is 0.261 e. The van der Waals surface area contributed by atoms with Crippen molar-refractivity contribution >= 4 is 40.0 Å². The molecular weight excluding hydrogens is 414 g/mol. The number of ether oxygens (including phenoxy) is 1. The monoisotopic (exact) mass is 433 g/mol. The van der Waals surface area contributed by atoms with Gasteiger partial charge in [0.25, 0.3) is 5.91 Å². The smallest absolute Gasteiger partial charge is 0.261 e. The average molecular weight is 433 g/mol. The van der Waals surface area contributed by atoms with Crippen molar-refractivity contribution in [2.45, 2.75) is 6.92 Å². The summed E-state index contributed by atoms with van der Waals surface area (Å²) in [4.78, 5) is 17.0. The van der Waals surface area contributed by atoms with Crippen molar-refractivity contribution in [3.8, 4) is 23.0 Å². The van der Waals surface area contributed by atoms with Crippen molar-refractivity contribution in [1.82, 2.24) is 10.3 Å². The number of para-hydroxylation sites is 1. The molecule has 0 aliphatic carbocycles. The zero-order valence-electron chi connectivity index (χ0n) is 16.8. The van der Waals surface area contributed by atoms with E-state index < -0.39 is 5.91 Å². The number of aromatic hydroxyl groups is 1. The van der Waals surface area contributed by atoms with Gasteiger partial charge >= 0.3 is 0 Å². The summed E-state index contributed by atoms with van der Waals surface area (Å²) in [5, 5.41) is 16.0. The molecule has 0 aliphatic rings. The lowest BCUT2D eigenvalue weighted by molar-refractivity contribution is 0.0974. The van der Waals surface area contributed by atoms with Gasteiger partial charge in [-0.2, -0.15) is 0 Å². The van der Waals surface area contributed by atoms with Gasteiger partial charge in [0.05, 0.1) is 18.2 Å². The van der Waals surface area contributed by atoms with Crippen molar-refractivity contribution in [1.29, 1.82) is 0 Å². The quantitative estimate of drug-likeness (QED) is 0.319. The number of hydrogen-bond acceptors (Lipinski definition) is 6. The molecule has 0 radical (unpaired) electrons. The second-order valence-electron chi connectivity index (χ2n) is 6.83. The molecule has 4 aromatic rings. The topological polar surface area (TPSA) is 96.6 Å². The number of hydrogen-bond donors (Lipinski definition) is 3. The Balaban J connectivity index is 1.54. The van der Waals surface area contributed by atoms with Crippen molar-refractivity contribution < 1.29 is 19.1 Å². The number of methoxy groups -OCH3 is 1. The van der Waals surface area contributed by atoms with Crippen LogP contribution in [-0.2, 0) is 0 Å². The first-order chi connectivity index (χ1) is 14.9. The molecule has 1 amide bonds. The summed E-state index contributed by atoms with van der Waals surface area (Å²) in [5.74, 6) is 0.340. The van der Waals surface area contributed by atoms with Gasteiger partial charge < -0.3 is 19.6 Å². The van der Waals surface area contributed by atoms with Crippen LogP contribution in [0.2, 0.25) is 0 Å². The highest BCUT2D eigenvalue weighted by Gasteiger charge is 2.16. The number of phenolic OH excluding ortho intramolecular Hbond substituents is 1. The minimum absolute atomic E-state index is 0.0119. The number of carbonyl (C=O) groups excluding carboxylic acids is 1. The highest BCUT2D eigenvalue weighted by Crippen LogP contribution is 2.33. The van der Waals surface area contributed by atoms with Crippen molar-refractivity contribution in [2.24, 2.45) is 0 Å². The van der Waals surface area contributed by atoms with E-state index in [-0.39, 0.29) is 16.8 Å². The number of phenols is 1. The number of nitrogens with zero attached hydrogens (tertiary/aromatic N) is 1. The lowest BCUT2D eigenvalue weighted by atomic mass is 10.1. The number of aryl methyl sites for hydroxylation is 1. The minimum Gasteiger partial charge on any atom is -0.507 e. The first-order valence-electron chi connectivity index (χ1n) is 9.40. The molecule has 0 bridgehead atoms. The van der Waals surface area contributed by atoms with Crippen LogP contribution < -0.4 is 15.4 Å². The summed E-state index contributed by atoms with van der Waals surface area (Å²) in [6.07, 6.45) is 0. The van der Waals surface area contributed by atoms with E-state index in [0.29, 0.717) is 33.7 Å². The van der Waals surface area contributed by atoms with Gasteiger partial charge in [-0.3, -0.25) is 10.1 Å². The predicted octanol–water partition coefficient (Wildman–Crippen LogP) is 4.64. The summed E-state index contributed by atoms with van der Waals surface area (Å²) in [6, 6.07) is 17.3. The largest absolute Gasteiger partial charge is 0.507 e. The molecule has 156 valence electrons. The Morgan fingerprint density at radius 3 is 2.74 bits per heavy atom. The van der Waals surface area contributed by atoms with E-state index in [9.17, 15) is 9.90 Å². The van der Waals surface area contributed by atoms with Gasteiger partial charge in [0.15, 0.2) is 10.7 Å². The molecule has 0 fully saturated rings. The third-order valence-electron chi connectivity index (χ3n) is 4.61. The normalized spacial score (nSPS) is 10.6. The van der Waals surface area contributed by atoms with Crippen LogP contribution in [0, 0.1) is 6.92 Å². The molecule has 1 heterocycles. The van der Waals surface area contributed by atoms with Gasteiger partial charge in [-0.05, 0) is 67.2 Å². The van der Waals surface area contributed by atoms with Gasteiger partial charge in [-0.15, -0.1) is 0 Å². The molecule has 3 N–H and O–H groups in total. The first kappa shape index (κ1) is 20.4. The van der Waals surface area contributed by atoms with Gasteiger partial charge in [-0.25, -0.2) is 4.98 Å². The maximum absolute atomic E-state index is 12.5. The molecule has 31 heavy (non-hydrogen) atoms. The molecule has 4 rings (SSSR count). The van der Waals surface area contributed by atoms with Crippen molar-refractivity contribution in [3.63, 3.8) is 0 Å². The van der Waals surface area contributed by atoms with Crippen LogP contribution in [-0.4, -0.2) is 28.2 Å². The van der Waals surface area contributed by atoms with Gasteiger partial charge in [-0.1, -0.05) is 18.2 Å². The number of fused-ring (bicyclic) bond motifs is 1. The summed E-state index contributed by atoms with van der Waals surface area (Å²) in [7, 11) is 1.49. The van der Waals surface area contributed by atoms with Gasteiger partial charge in [0, 0.05) is 5.69 Å². The molecule has 0 aliphatic heterocycles. The van der Waals surface area contributed by atoms with Crippen LogP contribution in [0.3, 0.4) is 0 Å². The van der Waals surface area contributed by atoms with E-state index in [1.54, 1.807) is 36.4 Å². The SMILES string of the molecule is COc1ccccc1C(=O)NC(=S)Nc1ccc(O)c(-c2nc3ccc(C)cc3o2)c1. The number of oxazole rings is 1. The van der Waals surface area contributed by atoms with E-state index in [2.05, 4.69) is 15.6 Å². The Morgan fingerprint density at radius 2 is 1.94 bits per heavy atom. The Labute approximate surface area is 183 Å². The van der Waals surface area contributed by atoms with Crippen LogP contribution in [0.15, 0.2) is 65.1 Å². The highest BCUT2D eigenvalue weighted by molar-refractivity contribution is 7.80. The number of nitrogens with one attached hydrogen (secondary N) is 2. The van der Waals surface area contributed by atoms with Crippen LogP contribution in [0.1, 0.15) is 15.9 Å². The van der Waals surface area contributed by atoms with Crippen LogP contribution >= 0.6 is 12.2 Å². The Morgan fingerprint density at radius 1 is 1.13 bits per heavy atom. The highest BCUT2D eigenvalue weighted by atomic mass is 32.1. The Kier molecular flexibility index (Phi) is 5.55. The number of thiocarbonyl (C=S) groups is 1. The second kappa shape index (κ2) is 8.45.